The molecule has 2 N–H and O–H groups in total. The zero-order valence-electron chi connectivity index (χ0n) is 13.0. The fourth-order valence-electron chi connectivity index (χ4n) is 2.53. The van der Waals surface area contributed by atoms with Gasteiger partial charge in [-0.1, -0.05) is 36.4 Å². The number of benzene rings is 1. The van der Waals surface area contributed by atoms with Crippen LogP contribution in [0.2, 0.25) is 0 Å². The number of nitrogens with zero attached hydrogens (tertiary/aromatic N) is 3. The van der Waals surface area contributed by atoms with Gasteiger partial charge in [0.25, 0.3) is 5.91 Å². The lowest BCUT2D eigenvalue weighted by Gasteiger charge is -2.27. The minimum atomic E-state index is -1.79. The summed E-state index contributed by atoms with van der Waals surface area (Å²) in [4.78, 5) is 20.8. The van der Waals surface area contributed by atoms with Gasteiger partial charge in [0.2, 0.25) is 0 Å². The summed E-state index contributed by atoms with van der Waals surface area (Å²) in [5.74, 6) is -0.484. The molecule has 3 aromatic rings. The van der Waals surface area contributed by atoms with Gasteiger partial charge in [-0.05, 0) is 11.6 Å². The lowest BCUT2D eigenvalue weighted by molar-refractivity contribution is -0.136. The molecule has 24 heavy (non-hydrogen) atoms. The zero-order valence-corrected chi connectivity index (χ0v) is 13.0. The third-order valence-electron chi connectivity index (χ3n) is 3.81. The van der Waals surface area contributed by atoms with Crippen molar-refractivity contribution in [1.82, 2.24) is 19.9 Å². The Labute approximate surface area is 139 Å². The van der Waals surface area contributed by atoms with Gasteiger partial charge in [-0.25, -0.2) is 4.98 Å². The predicted octanol–water partition coefficient (Wildman–Crippen LogP) is 1.33. The van der Waals surface area contributed by atoms with Crippen molar-refractivity contribution in [2.75, 3.05) is 6.54 Å². The summed E-state index contributed by atoms with van der Waals surface area (Å²) in [5, 5.41) is 14.0. The average molecular weight is 322 g/mol. The fraction of sp³-hybridized carbons (Fsp3) is 0.167. The molecular weight excluding hydrogens is 304 g/mol. The average Bonchev–Trinajstić information content (AvgIpc) is 3.16. The molecule has 122 valence electrons. The second-order valence-electron chi connectivity index (χ2n) is 5.37. The standard InChI is InChI=1S/C18H18N4O2/c23-17(21-10-12-22-11-9-20-14-22)18(24,15-5-2-1-3-6-15)16-7-4-8-19-13-16/h1-9,11,13-14,24H,10,12H2,(H,21,23). The second kappa shape index (κ2) is 7.06. The van der Waals surface area contributed by atoms with E-state index in [4.69, 9.17) is 0 Å². The monoisotopic (exact) mass is 322 g/mol. The maximum Gasteiger partial charge on any atom is 0.261 e. The van der Waals surface area contributed by atoms with Gasteiger partial charge >= 0.3 is 0 Å². The van der Waals surface area contributed by atoms with Crippen molar-refractivity contribution in [1.29, 1.82) is 0 Å². The van der Waals surface area contributed by atoms with Crippen molar-refractivity contribution >= 4 is 5.91 Å². The number of carbonyl (C=O) groups is 1. The first kappa shape index (κ1) is 15.9. The number of carbonyl (C=O) groups excluding carboxylic acids is 1. The maximum absolute atomic E-state index is 12.8. The second-order valence-corrected chi connectivity index (χ2v) is 5.37. The molecule has 1 aromatic carbocycles. The summed E-state index contributed by atoms with van der Waals surface area (Å²) in [6.07, 6.45) is 8.28. The highest BCUT2D eigenvalue weighted by molar-refractivity contribution is 5.89. The molecule has 1 atom stereocenters. The topological polar surface area (TPSA) is 80.0 Å². The summed E-state index contributed by atoms with van der Waals surface area (Å²) in [6, 6.07) is 12.2. The molecule has 3 rings (SSSR count). The molecule has 6 nitrogen and oxygen atoms in total. The lowest BCUT2D eigenvalue weighted by Crippen LogP contribution is -2.46. The van der Waals surface area contributed by atoms with Crippen LogP contribution in [0.5, 0.6) is 0 Å². The Morgan fingerprint density at radius 3 is 2.54 bits per heavy atom. The van der Waals surface area contributed by atoms with E-state index in [1.807, 2.05) is 16.8 Å². The first-order valence-corrected chi connectivity index (χ1v) is 7.63. The van der Waals surface area contributed by atoms with Gasteiger partial charge < -0.3 is 15.0 Å². The van der Waals surface area contributed by atoms with Crippen LogP contribution in [0.1, 0.15) is 11.1 Å². The van der Waals surface area contributed by atoms with E-state index in [0.29, 0.717) is 24.2 Å². The highest BCUT2D eigenvalue weighted by Crippen LogP contribution is 2.29. The van der Waals surface area contributed by atoms with Crippen LogP contribution in [0, 0.1) is 0 Å². The number of aliphatic hydroxyl groups is 1. The zero-order chi connectivity index (χ0) is 16.8. The van der Waals surface area contributed by atoms with Crippen molar-refractivity contribution < 1.29 is 9.90 Å². The molecular formula is C18H18N4O2. The molecule has 2 aromatic heterocycles. The number of aromatic nitrogens is 3. The summed E-state index contributed by atoms with van der Waals surface area (Å²) < 4.78 is 1.85. The summed E-state index contributed by atoms with van der Waals surface area (Å²) in [5.41, 5.74) is -0.862. The summed E-state index contributed by atoms with van der Waals surface area (Å²) >= 11 is 0. The molecule has 0 saturated heterocycles. The van der Waals surface area contributed by atoms with Crippen LogP contribution >= 0.6 is 0 Å². The van der Waals surface area contributed by atoms with Crippen LogP contribution < -0.4 is 5.32 Å². The van der Waals surface area contributed by atoms with Crippen molar-refractivity contribution in [3.63, 3.8) is 0 Å². The van der Waals surface area contributed by atoms with Crippen molar-refractivity contribution in [3.8, 4) is 0 Å². The molecule has 1 unspecified atom stereocenters. The number of amides is 1. The van der Waals surface area contributed by atoms with Crippen LogP contribution in [0.4, 0.5) is 0 Å². The van der Waals surface area contributed by atoms with E-state index in [1.165, 1.54) is 6.20 Å². The first-order valence-electron chi connectivity index (χ1n) is 7.63. The van der Waals surface area contributed by atoms with Gasteiger partial charge in [-0.3, -0.25) is 9.78 Å². The van der Waals surface area contributed by atoms with E-state index in [1.54, 1.807) is 55.1 Å². The van der Waals surface area contributed by atoms with Gasteiger partial charge in [0.15, 0.2) is 5.60 Å². The molecule has 2 heterocycles. The third kappa shape index (κ3) is 3.18. The van der Waals surface area contributed by atoms with Crippen molar-refractivity contribution in [3.05, 3.63) is 84.7 Å². The molecule has 0 aliphatic heterocycles. The summed E-state index contributed by atoms with van der Waals surface area (Å²) in [7, 11) is 0. The van der Waals surface area contributed by atoms with Crippen molar-refractivity contribution in [2.24, 2.45) is 0 Å². The number of imidazole rings is 1. The Bertz CT molecular complexity index is 734. The van der Waals surface area contributed by atoms with Gasteiger partial charge in [0.05, 0.1) is 6.33 Å². The van der Waals surface area contributed by atoms with Crippen LogP contribution in [0.3, 0.4) is 0 Å². The minimum absolute atomic E-state index is 0.380. The molecule has 0 aliphatic rings. The first-order chi connectivity index (χ1) is 11.7. The molecule has 0 spiro atoms. The van der Waals surface area contributed by atoms with Crippen LogP contribution in [-0.4, -0.2) is 32.1 Å². The number of rotatable bonds is 6. The Hall–Kier alpha value is -2.99. The Morgan fingerprint density at radius 2 is 1.88 bits per heavy atom. The third-order valence-corrected chi connectivity index (χ3v) is 3.81. The fourth-order valence-corrected chi connectivity index (χ4v) is 2.53. The number of nitrogens with one attached hydrogen (secondary N) is 1. The highest BCUT2D eigenvalue weighted by atomic mass is 16.3. The van der Waals surface area contributed by atoms with E-state index in [0.717, 1.165) is 0 Å². The maximum atomic E-state index is 12.8. The van der Waals surface area contributed by atoms with Gasteiger partial charge in [-0.2, -0.15) is 0 Å². The summed E-state index contributed by atoms with van der Waals surface area (Å²) in [6.45, 7) is 0.953. The van der Waals surface area contributed by atoms with Crippen LogP contribution in [0.15, 0.2) is 73.6 Å². The van der Waals surface area contributed by atoms with E-state index >= 15 is 0 Å². The quantitative estimate of drug-likeness (QED) is 0.717. The van der Waals surface area contributed by atoms with E-state index in [9.17, 15) is 9.90 Å². The van der Waals surface area contributed by atoms with Gasteiger partial charge in [-0.15, -0.1) is 0 Å². The predicted molar refractivity (Wildman–Crippen MR) is 88.9 cm³/mol. The SMILES string of the molecule is O=C(NCCn1ccnc1)C(O)(c1ccccc1)c1cccnc1. The van der Waals surface area contributed by atoms with Crippen LogP contribution in [-0.2, 0) is 16.9 Å². The molecule has 0 saturated carbocycles. The molecule has 6 heteroatoms. The molecule has 0 bridgehead atoms. The van der Waals surface area contributed by atoms with E-state index in [-0.39, 0.29) is 0 Å². The lowest BCUT2D eigenvalue weighted by atomic mass is 9.86. The molecule has 0 radical (unpaired) electrons. The molecule has 0 aliphatic carbocycles. The minimum Gasteiger partial charge on any atom is -0.372 e. The Kier molecular flexibility index (Phi) is 4.67. The van der Waals surface area contributed by atoms with Gasteiger partial charge in [0, 0.05) is 43.4 Å². The smallest absolute Gasteiger partial charge is 0.261 e. The number of hydrogen-bond donors (Lipinski definition) is 2. The van der Waals surface area contributed by atoms with E-state index < -0.39 is 11.5 Å². The molecule has 0 fully saturated rings. The van der Waals surface area contributed by atoms with Crippen molar-refractivity contribution in [2.45, 2.75) is 12.1 Å². The normalized spacial score (nSPS) is 13.2. The van der Waals surface area contributed by atoms with Gasteiger partial charge in [0.1, 0.15) is 0 Å². The Morgan fingerprint density at radius 1 is 1.08 bits per heavy atom. The number of hydrogen-bond acceptors (Lipinski definition) is 4. The van der Waals surface area contributed by atoms with Crippen LogP contribution in [0.25, 0.3) is 0 Å². The Balaban J connectivity index is 1.83. The van der Waals surface area contributed by atoms with E-state index in [2.05, 4.69) is 15.3 Å². The molecule has 1 amide bonds. The highest BCUT2D eigenvalue weighted by Gasteiger charge is 2.39. The number of pyridine rings is 1. The largest absolute Gasteiger partial charge is 0.372 e.